The molecule has 7 heteroatoms. The van der Waals surface area contributed by atoms with Crippen LogP contribution in [0.3, 0.4) is 0 Å². The van der Waals surface area contributed by atoms with Crippen molar-refractivity contribution in [3.05, 3.63) is 30.1 Å². The highest BCUT2D eigenvalue weighted by atomic mass is 16.6. The van der Waals surface area contributed by atoms with Crippen LogP contribution in [-0.2, 0) is 11.2 Å². The first-order valence-electron chi connectivity index (χ1n) is 8.68. The second-order valence-corrected chi connectivity index (χ2v) is 6.66. The standard InChI is InChI=1S/C18H31N5O2/c1-6-19-16(21-12-10-15-9-7-8-11-20-15)22-13-14-23(5)17(24)25-18(2,3)4/h7-9,11H,6,10,12-14H2,1-5H3,(H2,19,21,22). The summed E-state index contributed by atoms with van der Waals surface area (Å²) in [6, 6.07) is 5.87. The van der Waals surface area contributed by atoms with Gasteiger partial charge in [0.2, 0.25) is 0 Å². The molecule has 0 spiro atoms. The zero-order valence-electron chi connectivity index (χ0n) is 16.0. The normalized spacial score (nSPS) is 11.8. The smallest absolute Gasteiger partial charge is 0.410 e. The number of ether oxygens (including phenoxy) is 1. The van der Waals surface area contributed by atoms with Crippen LogP contribution in [0.5, 0.6) is 0 Å². The van der Waals surface area contributed by atoms with Gasteiger partial charge in [0.1, 0.15) is 5.60 Å². The van der Waals surface area contributed by atoms with Crippen molar-refractivity contribution in [1.82, 2.24) is 20.5 Å². The molecular formula is C18H31N5O2. The van der Waals surface area contributed by atoms with Gasteiger partial charge in [-0.3, -0.25) is 9.98 Å². The average Bonchev–Trinajstić information content (AvgIpc) is 2.54. The lowest BCUT2D eigenvalue weighted by Gasteiger charge is -2.24. The second kappa shape index (κ2) is 10.5. The Bertz CT molecular complexity index is 540. The number of hydrogen-bond donors (Lipinski definition) is 2. The molecule has 0 aliphatic carbocycles. The molecule has 0 radical (unpaired) electrons. The van der Waals surface area contributed by atoms with Crippen LogP contribution in [0.15, 0.2) is 29.4 Å². The summed E-state index contributed by atoms with van der Waals surface area (Å²) in [4.78, 5) is 22.3. The average molecular weight is 349 g/mol. The number of hydrogen-bond acceptors (Lipinski definition) is 4. The van der Waals surface area contributed by atoms with Crippen LogP contribution >= 0.6 is 0 Å². The van der Waals surface area contributed by atoms with Crippen molar-refractivity contribution in [2.45, 2.75) is 39.7 Å². The van der Waals surface area contributed by atoms with Gasteiger partial charge >= 0.3 is 6.09 Å². The van der Waals surface area contributed by atoms with Crippen LogP contribution in [0.4, 0.5) is 4.79 Å². The minimum Gasteiger partial charge on any atom is -0.444 e. The van der Waals surface area contributed by atoms with Crippen molar-refractivity contribution < 1.29 is 9.53 Å². The van der Waals surface area contributed by atoms with Crippen LogP contribution in [0.25, 0.3) is 0 Å². The number of rotatable bonds is 7. The maximum absolute atomic E-state index is 11.9. The van der Waals surface area contributed by atoms with Gasteiger partial charge in [0, 0.05) is 51.5 Å². The molecule has 25 heavy (non-hydrogen) atoms. The molecule has 0 saturated heterocycles. The van der Waals surface area contributed by atoms with Crippen molar-refractivity contribution in [2.75, 3.05) is 33.2 Å². The summed E-state index contributed by atoms with van der Waals surface area (Å²) in [5.41, 5.74) is 0.535. The van der Waals surface area contributed by atoms with E-state index >= 15 is 0 Å². The number of guanidine groups is 1. The quantitative estimate of drug-likeness (QED) is 0.582. The molecule has 0 bridgehead atoms. The van der Waals surface area contributed by atoms with E-state index in [-0.39, 0.29) is 6.09 Å². The van der Waals surface area contributed by atoms with Gasteiger partial charge < -0.3 is 20.3 Å². The van der Waals surface area contributed by atoms with E-state index in [4.69, 9.17) is 4.74 Å². The predicted molar refractivity (Wildman–Crippen MR) is 101 cm³/mol. The Kier molecular flexibility index (Phi) is 8.74. The maximum Gasteiger partial charge on any atom is 0.410 e. The fraction of sp³-hybridized carbons (Fsp3) is 0.611. The Balaban J connectivity index is 2.39. The Labute approximate surface area is 150 Å². The summed E-state index contributed by atoms with van der Waals surface area (Å²) < 4.78 is 5.32. The van der Waals surface area contributed by atoms with E-state index in [1.165, 1.54) is 0 Å². The van der Waals surface area contributed by atoms with Gasteiger partial charge in [-0.1, -0.05) is 6.07 Å². The fourth-order valence-corrected chi connectivity index (χ4v) is 1.94. The SMILES string of the molecule is CCNC(=NCCc1ccccn1)NCCN(C)C(=O)OC(C)(C)C. The molecule has 0 saturated carbocycles. The lowest BCUT2D eigenvalue weighted by atomic mass is 10.2. The summed E-state index contributed by atoms with van der Waals surface area (Å²) in [6.07, 6.45) is 2.25. The van der Waals surface area contributed by atoms with E-state index in [9.17, 15) is 4.79 Å². The van der Waals surface area contributed by atoms with Gasteiger partial charge in [0.05, 0.1) is 0 Å². The molecule has 1 rings (SSSR count). The predicted octanol–water partition coefficient (Wildman–Crippen LogP) is 2.05. The molecule has 0 aromatic carbocycles. The molecule has 0 unspecified atom stereocenters. The van der Waals surface area contributed by atoms with E-state index in [1.807, 2.05) is 45.9 Å². The minimum absolute atomic E-state index is 0.327. The number of aliphatic imine (C=N–C) groups is 1. The van der Waals surface area contributed by atoms with Crippen LogP contribution < -0.4 is 10.6 Å². The Morgan fingerprint density at radius 1 is 1.32 bits per heavy atom. The molecule has 7 nitrogen and oxygen atoms in total. The van der Waals surface area contributed by atoms with Crippen molar-refractivity contribution in [3.63, 3.8) is 0 Å². The van der Waals surface area contributed by atoms with E-state index in [1.54, 1.807) is 18.1 Å². The molecule has 1 aromatic heterocycles. The van der Waals surface area contributed by atoms with Crippen LogP contribution in [0.1, 0.15) is 33.4 Å². The number of nitrogens with one attached hydrogen (secondary N) is 2. The van der Waals surface area contributed by atoms with Gasteiger partial charge in [0.15, 0.2) is 5.96 Å². The van der Waals surface area contributed by atoms with Crippen LogP contribution in [0.2, 0.25) is 0 Å². The minimum atomic E-state index is -0.485. The lowest BCUT2D eigenvalue weighted by Crippen LogP contribution is -2.43. The second-order valence-electron chi connectivity index (χ2n) is 6.66. The summed E-state index contributed by atoms with van der Waals surface area (Å²) in [5, 5.41) is 6.42. The van der Waals surface area contributed by atoms with E-state index in [0.717, 1.165) is 24.6 Å². The van der Waals surface area contributed by atoms with Gasteiger partial charge in [-0.25, -0.2) is 4.79 Å². The summed E-state index contributed by atoms with van der Waals surface area (Å²) in [6.45, 7) is 10.1. The maximum atomic E-state index is 11.9. The highest BCUT2D eigenvalue weighted by Crippen LogP contribution is 2.08. The molecule has 1 heterocycles. The molecule has 1 amide bonds. The third-order valence-corrected chi connectivity index (χ3v) is 3.15. The number of amides is 1. The lowest BCUT2D eigenvalue weighted by molar-refractivity contribution is 0.0302. The molecule has 0 aliphatic rings. The first kappa shape index (κ1) is 20.7. The number of carbonyl (C=O) groups excluding carboxylic acids is 1. The number of carbonyl (C=O) groups is 1. The zero-order valence-corrected chi connectivity index (χ0v) is 16.0. The number of pyridine rings is 1. The molecule has 140 valence electrons. The Hall–Kier alpha value is -2.31. The molecule has 0 aliphatic heterocycles. The highest BCUT2D eigenvalue weighted by Gasteiger charge is 2.19. The fourth-order valence-electron chi connectivity index (χ4n) is 1.94. The van der Waals surface area contributed by atoms with Crippen molar-refractivity contribution in [1.29, 1.82) is 0 Å². The van der Waals surface area contributed by atoms with Gasteiger partial charge in [-0.2, -0.15) is 0 Å². The highest BCUT2D eigenvalue weighted by molar-refractivity contribution is 5.79. The van der Waals surface area contributed by atoms with Crippen molar-refractivity contribution >= 4 is 12.1 Å². The van der Waals surface area contributed by atoms with E-state index in [0.29, 0.717) is 19.6 Å². The zero-order chi connectivity index (χ0) is 18.7. The molecular weight excluding hydrogens is 318 g/mol. The number of aromatic nitrogens is 1. The first-order valence-corrected chi connectivity index (χ1v) is 8.68. The third-order valence-electron chi connectivity index (χ3n) is 3.15. The van der Waals surface area contributed by atoms with Gasteiger partial charge in [-0.15, -0.1) is 0 Å². The van der Waals surface area contributed by atoms with Crippen molar-refractivity contribution in [3.8, 4) is 0 Å². The largest absolute Gasteiger partial charge is 0.444 e. The number of nitrogens with zero attached hydrogens (tertiary/aromatic N) is 3. The Morgan fingerprint density at radius 2 is 2.08 bits per heavy atom. The van der Waals surface area contributed by atoms with E-state index in [2.05, 4.69) is 20.6 Å². The number of likely N-dealkylation sites (N-methyl/N-ethyl adjacent to an activating group) is 1. The topological polar surface area (TPSA) is 78.9 Å². The summed E-state index contributed by atoms with van der Waals surface area (Å²) in [7, 11) is 1.72. The van der Waals surface area contributed by atoms with Gasteiger partial charge in [-0.05, 0) is 39.8 Å². The van der Waals surface area contributed by atoms with Gasteiger partial charge in [0.25, 0.3) is 0 Å². The first-order chi connectivity index (χ1) is 11.8. The monoisotopic (exact) mass is 349 g/mol. The summed E-state index contributed by atoms with van der Waals surface area (Å²) >= 11 is 0. The molecule has 2 N–H and O–H groups in total. The molecule has 0 fully saturated rings. The molecule has 0 atom stereocenters. The molecule has 1 aromatic rings. The third kappa shape index (κ3) is 9.54. The van der Waals surface area contributed by atoms with E-state index < -0.39 is 5.60 Å². The Morgan fingerprint density at radius 3 is 2.68 bits per heavy atom. The summed E-state index contributed by atoms with van der Waals surface area (Å²) in [5.74, 6) is 0.732. The van der Waals surface area contributed by atoms with Crippen LogP contribution in [-0.4, -0.2) is 60.8 Å². The van der Waals surface area contributed by atoms with Crippen molar-refractivity contribution in [2.24, 2.45) is 4.99 Å². The van der Waals surface area contributed by atoms with Crippen LogP contribution in [0, 0.1) is 0 Å².